The second kappa shape index (κ2) is 7.57. The molecule has 2 unspecified atom stereocenters. The summed E-state index contributed by atoms with van der Waals surface area (Å²) in [6.07, 6.45) is 3.02. The summed E-state index contributed by atoms with van der Waals surface area (Å²) < 4.78 is 28.6. The van der Waals surface area contributed by atoms with E-state index in [0.717, 1.165) is 25.8 Å². The molecular formula is C13H29N3O2S. The molecule has 0 saturated carbocycles. The fourth-order valence-corrected chi connectivity index (χ4v) is 4.08. The number of hydrogen-bond donors (Lipinski definition) is 2. The predicted molar refractivity (Wildman–Crippen MR) is 79.2 cm³/mol. The fraction of sp³-hybridized carbons (Fsp3) is 1.00. The molecule has 0 aliphatic carbocycles. The van der Waals surface area contributed by atoms with Gasteiger partial charge in [0.25, 0.3) is 10.2 Å². The van der Waals surface area contributed by atoms with Gasteiger partial charge in [-0.05, 0) is 39.2 Å². The Kier molecular flexibility index (Phi) is 6.73. The molecule has 5 nitrogen and oxygen atoms in total. The quantitative estimate of drug-likeness (QED) is 0.744. The number of hydrogen-bond acceptors (Lipinski definition) is 3. The molecule has 114 valence electrons. The van der Waals surface area contributed by atoms with Crippen molar-refractivity contribution in [3.05, 3.63) is 0 Å². The summed E-state index contributed by atoms with van der Waals surface area (Å²) in [5.74, 6) is 0.407. The molecule has 1 heterocycles. The summed E-state index contributed by atoms with van der Waals surface area (Å²) in [5.41, 5.74) is 0. The average molecular weight is 291 g/mol. The van der Waals surface area contributed by atoms with Crippen LogP contribution >= 0.6 is 0 Å². The first-order valence-electron chi connectivity index (χ1n) is 7.41. The third-order valence-corrected chi connectivity index (χ3v) is 5.38. The number of rotatable bonds is 7. The lowest BCUT2D eigenvalue weighted by molar-refractivity contribution is 0.200. The van der Waals surface area contributed by atoms with Crippen LogP contribution in [0.2, 0.25) is 0 Å². The van der Waals surface area contributed by atoms with Gasteiger partial charge in [0, 0.05) is 25.2 Å². The van der Waals surface area contributed by atoms with Crippen molar-refractivity contribution in [3.63, 3.8) is 0 Å². The zero-order valence-corrected chi connectivity index (χ0v) is 13.5. The molecule has 0 aromatic carbocycles. The van der Waals surface area contributed by atoms with Crippen LogP contribution in [-0.2, 0) is 10.2 Å². The molecule has 6 heteroatoms. The normalized spacial score (nSPS) is 25.9. The molecule has 0 amide bonds. The first kappa shape index (κ1) is 16.9. The van der Waals surface area contributed by atoms with Gasteiger partial charge in [0.1, 0.15) is 0 Å². The number of piperidine rings is 1. The van der Waals surface area contributed by atoms with Gasteiger partial charge in [-0.1, -0.05) is 20.3 Å². The van der Waals surface area contributed by atoms with Gasteiger partial charge in [-0.3, -0.25) is 0 Å². The van der Waals surface area contributed by atoms with Gasteiger partial charge in [0.2, 0.25) is 0 Å². The standard InChI is InChI=1S/C13H29N3O2S/c1-5-8-14-13-7-9-16(10-12(13)6-2)19(17,18)15-11(3)4/h11-15H,5-10H2,1-4H3. The highest BCUT2D eigenvalue weighted by molar-refractivity contribution is 7.87. The molecule has 1 aliphatic heterocycles. The summed E-state index contributed by atoms with van der Waals surface area (Å²) in [5, 5.41) is 3.54. The van der Waals surface area contributed by atoms with Gasteiger partial charge in [-0.15, -0.1) is 0 Å². The first-order chi connectivity index (χ1) is 8.90. The van der Waals surface area contributed by atoms with E-state index in [1.165, 1.54) is 0 Å². The number of nitrogens with one attached hydrogen (secondary N) is 2. The molecule has 1 fully saturated rings. The monoisotopic (exact) mass is 291 g/mol. The number of nitrogens with zero attached hydrogens (tertiary/aromatic N) is 1. The van der Waals surface area contributed by atoms with Crippen LogP contribution in [0.25, 0.3) is 0 Å². The first-order valence-corrected chi connectivity index (χ1v) is 8.85. The van der Waals surface area contributed by atoms with Crippen LogP contribution in [-0.4, -0.2) is 44.4 Å². The molecule has 0 aromatic heterocycles. The highest BCUT2D eigenvalue weighted by atomic mass is 32.2. The average Bonchev–Trinajstić information content (AvgIpc) is 2.34. The van der Waals surface area contributed by atoms with E-state index in [0.29, 0.717) is 25.0 Å². The Bertz CT molecular complexity index is 357. The minimum atomic E-state index is -3.31. The lowest BCUT2D eigenvalue weighted by Gasteiger charge is -2.38. The van der Waals surface area contributed by atoms with Crippen LogP contribution in [0.5, 0.6) is 0 Å². The van der Waals surface area contributed by atoms with Gasteiger partial charge >= 0.3 is 0 Å². The molecule has 0 aromatic rings. The van der Waals surface area contributed by atoms with E-state index in [9.17, 15) is 8.42 Å². The Labute approximate surface area is 118 Å². The van der Waals surface area contributed by atoms with Gasteiger partial charge in [0.15, 0.2) is 0 Å². The van der Waals surface area contributed by atoms with Crippen molar-refractivity contribution in [2.75, 3.05) is 19.6 Å². The highest BCUT2D eigenvalue weighted by Gasteiger charge is 2.33. The van der Waals surface area contributed by atoms with Crippen LogP contribution in [0.1, 0.15) is 47.0 Å². The van der Waals surface area contributed by atoms with Gasteiger partial charge < -0.3 is 5.32 Å². The van der Waals surface area contributed by atoms with Crippen molar-refractivity contribution < 1.29 is 8.42 Å². The van der Waals surface area contributed by atoms with Crippen molar-refractivity contribution in [2.24, 2.45) is 5.92 Å². The Morgan fingerprint density at radius 2 is 2.00 bits per heavy atom. The summed E-state index contributed by atoms with van der Waals surface area (Å²) >= 11 is 0. The van der Waals surface area contributed by atoms with Crippen LogP contribution < -0.4 is 10.0 Å². The zero-order valence-electron chi connectivity index (χ0n) is 12.6. The SMILES string of the molecule is CCCNC1CCN(S(=O)(=O)NC(C)C)CC1CC. The Hall–Kier alpha value is -0.170. The second-order valence-corrected chi connectivity index (χ2v) is 7.36. The van der Waals surface area contributed by atoms with Crippen molar-refractivity contribution >= 4 is 10.2 Å². The highest BCUT2D eigenvalue weighted by Crippen LogP contribution is 2.22. The molecule has 19 heavy (non-hydrogen) atoms. The van der Waals surface area contributed by atoms with Crippen molar-refractivity contribution in [2.45, 2.75) is 59.0 Å². The summed E-state index contributed by atoms with van der Waals surface area (Å²) in [6, 6.07) is 0.400. The topological polar surface area (TPSA) is 61.4 Å². The summed E-state index contributed by atoms with van der Waals surface area (Å²) in [6.45, 7) is 10.2. The summed E-state index contributed by atoms with van der Waals surface area (Å²) in [7, 11) is -3.31. The molecule has 2 atom stereocenters. The van der Waals surface area contributed by atoms with Crippen molar-refractivity contribution in [3.8, 4) is 0 Å². The maximum Gasteiger partial charge on any atom is 0.279 e. The minimum absolute atomic E-state index is 0.0546. The third kappa shape index (κ3) is 5.02. The van der Waals surface area contributed by atoms with Gasteiger partial charge in [-0.2, -0.15) is 17.4 Å². The summed E-state index contributed by atoms with van der Waals surface area (Å²) in [4.78, 5) is 0. The van der Waals surface area contributed by atoms with Crippen molar-refractivity contribution in [1.82, 2.24) is 14.3 Å². The Balaban J connectivity index is 2.63. The molecule has 0 spiro atoms. The fourth-order valence-electron chi connectivity index (χ4n) is 2.60. The molecule has 0 radical (unpaired) electrons. The third-order valence-electron chi connectivity index (χ3n) is 3.60. The van der Waals surface area contributed by atoms with E-state index >= 15 is 0 Å². The maximum atomic E-state index is 12.2. The van der Waals surface area contributed by atoms with E-state index in [2.05, 4.69) is 23.9 Å². The Morgan fingerprint density at radius 3 is 2.53 bits per heavy atom. The van der Waals surface area contributed by atoms with Crippen molar-refractivity contribution in [1.29, 1.82) is 0 Å². The van der Waals surface area contributed by atoms with Gasteiger partial charge in [-0.25, -0.2) is 0 Å². The van der Waals surface area contributed by atoms with E-state index in [-0.39, 0.29) is 6.04 Å². The van der Waals surface area contributed by atoms with Crippen LogP contribution in [0.15, 0.2) is 0 Å². The van der Waals surface area contributed by atoms with E-state index in [4.69, 9.17) is 0 Å². The van der Waals surface area contributed by atoms with E-state index in [1.807, 2.05) is 13.8 Å². The predicted octanol–water partition coefficient (Wildman–Crippen LogP) is 1.33. The Morgan fingerprint density at radius 1 is 1.32 bits per heavy atom. The van der Waals surface area contributed by atoms with Crippen LogP contribution in [0.3, 0.4) is 0 Å². The zero-order chi connectivity index (χ0) is 14.5. The molecule has 1 saturated heterocycles. The lowest BCUT2D eigenvalue weighted by Crippen LogP contribution is -2.54. The molecule has 2 N–H and O–H groups in total. The molecule has 0 bridgehead atoms. The molecular weight excluding hydrogens is 262 g/mol. The van der Waals surface area contributed by atoms with Crippen LogP contribution in [0, 0.1) is 5.92 Å². The minimum Gasteiger partial charge on any atom is -0.314 e. The molecule has 1 aliphatic rings. The van der Waals surface area contributed by atoms with Crippen LogP contribution in [0.4, 0.5) is 0 Å². The molecule has 1 rings (SSSR count). The van der Waals surface area contributed by atoms with Gasteiger partial charge in [0.05, 0.1) is 0 Å². The lowest BCUT2D eigenvalue weighted by atomic mass is 9.91. The maximum absolute atomic E-state index is 12.2. The largest absolute Gasteiger partial charge is 0.314 e. The van der Waals surface area contributed by atoms with E-state index in [1.54, 1.807) is 4.31 Å². The smallest absolute Gasteiger partial charge is 0.279 e. The van der Waals surface area contributed by atoms with E-state index < -0.39 is 10.2 Å². The second-order valence-electron chi connectivity index (χ2n) is 5.65.